The lowest BCUT2D eigenvalue weighted by Crippen LogP contribution is -2.26. The van der Waals surface area contributed by atoms with Crippen molar-refractivity contribution in [3.63, 3.8) is 0 Å². The highest BCUT2D eigenvalue weighted by Gasteiger charge is 2.20. The summed E-state index contributed by atoms with van der Waals surface area (Å²) in [7, 11) is 3.13. The van der Waals surface area contributed by atoms with E-state index in [1.165, 1.54) is 12.7 Å². The van der Waals surface area contributed by atoms with Gasteiger partial charge in [0.15, 0.2) is 17.6 Å². The molecule has 1 heterocycles. The van der Waals surface area contributed by atoms with Crippen LogP contribution in [0.4, 0.5) is 0 Å². The highest BCUT2D eigenvalue weighted by Crippen LogP contribution is 2.28. The van der Waals surface area contributed by atoms with Crippen molar-refractivity contribution in [3.8, 4) is 23.0 Å². The number of aryl methyl sites for hydroxylation is 1. The van der Waals surface area contributed by atoms with Crippen LogP contribution in [-0.2, 0) is 17.6 Å². The fourth-order valence-corrected chi connectivity index (χ4v) is 3.55. The quantitative estimate of drug-likeness (QED) is 0.314. The number of hydrogen-bond acceptors (Lipinski definition) is 6. The number of methoxy groups -OCH3 is 2. The summed E-state index contributed by atoms with van der Waals surface area (Å²) in [6, 6.07) is 16.7. The predicted octanol–water partition coefficient (Wildman–Crippen LogP) is 5.61. The number of allylic oxidation sites excluding steroid dienone is 1. The molecule has 36 heavy (non-hydrogen) atoms. The molecule has 0 saturated carbocycles. The van der Waals surface area contributed by atoms with Crippen molar-refractivity contribution < 1.29 is 28.8 Å². The third-order valence-corrected chi connectivity index (χ3v) is 5.63. The van der Waals surface area contributed by atoms with Gasteiger partial charge in [0.2, 0.25) is 0 Å². The molecule has 0 spiro atoms. The Kier molecular flexibility index (Phi) is 10.2. The Morgan fingerprint density at radius 3 is 2.50 bits per heavy atom. The standard InChI is InChI=1S/C29H33NO6/c1-4-21-13-14-23(30-20-21)17-18-35-25-16-15-24(33-2)19-22(25)9-5-6-12-28(29(31)32)36-27-11-8-7-10-26(27)34-3/h5,7-11,13-16,19-20,28H,4,6,12,17-18H2,1-3H3,(H,31,32). The molecule has 1 unspecified atom stereocenters. The van der Waals surface area contributed by atoms with E-state index in [4.69, 9.17) is 18.9 Å². The van der Waals surface area contributed by atoms with Gasteiger partial charge in [-0.1, -0.05) is 37.3 Å². The zero-order chi connectivity index (χ0) is 25.8. The van der Waals surface area contributed by atoms with E-state index in [2.05, 4.69) is 18.0 Å². The van der Waals surface area contributed by atoms with Crippen LogP contribution < -0.4 is 18.9 Å². The van der Waals surface area contributed by atoms with Gasteiger partial charge in [0, 0.05) is 23.9 Å². The highest BCUT2D eigenvalue weighted by molar-refractivity contribution is 5.73. The molecule has 1 aromatic heterocycles. The molecule has 190 valence electrons. The van der Waals surface area contributed by atoms with Crippen molar-refractivity contribution in [2.75, 3.05) is 20.8 Å². The van der Waals surface area contributed by atoms with E-state index >= 15 is 0 Å². The van der Waals surface area contributed by atoms with Crippen molar-refractivity contribution in [1.29, 1.82) is 0 Å². The normalized spacial score (nSPS) is 11.8. The average molecular weight is 492 g/mol. The number of benzene rings is 2. The van der Waals surface area contributed by atoms with Crippen LogP contribution in [0.25, 0.3) is 6.08 Å². The Balaban J connectivity index is 1.61. The summed E-state index contributed by atoms with van der Waals surface area (Å²) in [4.78, 5) is 16.2. The summed E-state index contributed by atoms with van der Waals surface area (Å²) < 4.78 is 22.4. The van der Waals surface area contributed by atoms with Crippen molar-refractivity contribution in [3.05, 3.63) is 83.7 Å². The van der Waals surface area contributed by atoms with E-state index in [-0.39, 0.29) is 0 Å². The van der Waals surface area contributed by atoms with Gasteiger partial charge in [-0.3, -0.25) is 4.98 Å². The van der Waals surface area contributed by atoms with Crippen LogP contribution in [0, 0.1) is 0 Å². The highest BCUT2D eigenvalue weighted by atomic mass is 16.5. The van der Waals surface area contributed by atoms with Gasteiger partial charge in [0.05, 0.1) is 20.8 Å². The molecule has 0 aliphatic carbocycles. The molecule has 0 saturated heterocycles. The van der Waals surface area contributed by atoms with Gasteiger partial charge in [0.1, 0.15) is 11.5 Å². The van der Waals surface area contributed by atoms with Crippen LogP contribution in [0.2, 0.25) is 0 Å². The molecular formula is C29H33NO6. The van der Waals surface area contributed by atoms with E-state index in [0.717, 1.165) is 23.4 Å². The van der Waals surface area contributed by atoms with Crippen molar-refractivity contribution >= 4 is 12.0 Å². The summed E-state index contributed by atoms with van der Waals surface area (Å²) in [5, 5.41) is 9.62. The zero-order valence-corrected chi connectivity index (χ0v) is 21.0. The van der Waals surface area contributed by atoms with Crippen LogP contribution in [-0.4, -0.2) is 43.0 Å². The van der Waals surface area contributed by atoms with Crippen LogP contribution in [0.1, 0.15) is 36.6 Å². The van der Waals surface area contributed by atoms with Crippen LogP contribution in [0.15, 0.2) is 66.9 Å². The minimum Gasteiger partial charge on any atom is -0.497 e. The summed E-state index contributed by atoms with van der Waals surface area (Å²) in [5.41, 5.74) is 3.04. The smallest absolute Gasteiger partial charge is 0.344 e. The first kappa shape index (κ1) is 26.6. The molecule has 7 heteroatoms. The molecule has 0 aliphatic heterocycles. The van der Waals surface area contributed by atoms with Gasteiger partial charge in [-0.15, -0.1) is 0 Å². The maximum atomic E-state index is 11.7. The Labute approximate surface area is 212 Å². The van der Waals surface area contributed by atoms with Gasteiger partial charge in [0.25, 0.3) is 0 Å². The molecular weight excluding hydrogens is 458 g/mol. The number of hydrogen-bond donors (Lipinski definition) is 1. The lowest BCUT2D eigenvalue weighted by molar-refractivity contribution is -0.145. The van der Waals surface area contributed by atoms with Crippen molar-refractivity contribution in [2.24, 2.45) is 0 Å². The van der Waals surface area contributed by atoms with Crippen LogP contribution in [0.3, 0.4) is 0 Å². The number of carboxylic acid groups (broad SMARTS) is 1. The molecule has 2 aromatic carbocycles. The van der Waals surface area contributed by atoms with Gasteiger partial charge in [-0.2, -0.15) is 0 Å². The number of carboxylic acids is 1. The number of carbonyl (C=O) groups is 1. The second-order valence-electron chi connectivity index (χ2n) is 8.09. The number of aromatic nitrogens is 1. The maximum Gasteiger partial charge on any atom is 0.344 e. The van der Waals surface area contributed by atoms with E-state index in [1.54, 1.807) is 31.4 Å². The van der Waals surface area contributed by atoms with E-state index < -0.39 is 12.1 Å². The number of para-hydroxylation sites is 2. The molecule has 0 fully saturated rings. The maximum absolute atomic E-state index is 11.7. The molecule has 7 nitrogen and oxygen atoms in total. The Morgan fingerprint density at radius 2 is 1.83 bits per heavy atom. The third-order valence-electron chi connectivity index (χ3n) is 5.63. The monoisotopic (exact) mass is 491 g/mol. The first-order chi connectivity index (χ1) is 17.5. The van der Waals surface area contributed by atoms with E-state index in [1.807, 2.05) is 42.6 Å². The minimum atomic E-state index is -1.03. The van der Waals surface area contributed by atoms with Crippen molar-refractivity contribution in [2.45, 2.75) is 38.7 Å². The SMILES string of the molecule is CCc1ccc(CCOc2ccc(OC)cc2C=CCCC(Oc2ccccc2OC)C(=O)O)nc1. The van der Waals surface area contributed by atoms with Gasteiger partial charge < -0.3 is 24.1 Å². The number of pyridine rings is 1. The predicted molar refractivity (Wildman–Crippen MR) is 139 cm³/mol. The second-order valence-corrected chi connectivity index (χ2v) is 8.09. The molecule has 0 aliphatic rings. The average Bonchev–Trinajstić information content (AvgIpc) is 2.91. The largest absolute Gasteiger partial charge is 0.497 e. The zero-order valence-electron chi connectivity index (χ0n) is 21.0. The van der Waals surface area contributed by atoms with Gasteiger partial charge in [-0.05, 0) is 61.2 Å². The fourth-order valence-electron chi connectivity index (χ4n) is 3.55. The number of rotatable bonds is 14. The van der Waals surface area contributed by atoms with Crippen LogP contribution in [0.5, 0.6) is 23.0 Å². The summed E-state index contributed by atoms with van der Waals surface area (Å²) in [6.07, 6.45) is 7.17. The minimum absolute atomic E-state index is 0.295. The molecule has 1 atom stereocenters. The molecule has 0 bridgehead atoms. The van der Waals surface area contributed by atoms with E-state index in [9.17, 15) is 9.90 Å². The Morgan fingerprint density at radius 1 is 1.03 bits per heavy atom. The number of ether oxygens (including phenoxy) is 4. The summed E-state index contributed by atoms with van der Waals surface area (Å²) >= 11 is 0. The van der Waals surface area contributed by atoms with E-state index in [0.29, 0.717) is 43.1 Å². The fraction of sp³-hybridized carbons (Fsp3) is 0.310. The van der Waals surface area contributed by atoms with Crippen LogP contribution >= 0.6 is 0 Å². The topological polar surface area (TPSA) is 87.1 Å². The summed E-state index contributed by atoms with van der Waals surface area (Å²) in [6.45, 7) is 2.59. The first-order valence-electron chi connectivity index (χ1n) is 12.0. The second kappa shape index (κ2) is 13.8. The van der Waals surface area contributed by atoms with Gasteiger partial charge in [-0.25, -0.2) is 4.79 Å². The Hall–Kier alpha value is -4.00. The molecule has 3 aromatic rings. The summed E-state index contributed by atoms with van der Waals surface area (Å²) in [5.74, 6) is 1.30. The Bertz CT molecular complexity index is 1140. The number of nitrogens with zero attached hydrogens (tertiary/aromatic N) is 1. The molecule has 3 rings (SSSR count). The van der Waals surface area contributed by atoms with Crippen molar-refractivity contribution in [1.82, 2.24) is 4.98 Å². The first-order valence-corrected chi connectivity index (χ1v) is 12.0. The van der Waals surface area contributed by atoms with Gasteiger partial charge >= 0.3 is 5.97 Å². The lowest BCUT2D eigenvalue weighted by atomic mass is 10.1. The molecule has 0 radical (unpaired) electrons. The third kappa shape index (κ3) is 7.77. The lowest BCUT2D eigenvalue weighted by Gasteiger charge is -2.16. The molecule has 0 amide bonds. The number of aliphatic carboxylic acids is 1. The molecule has 1 N–H and O–H groups in total.